The summed E-state index contributed by atoms with van der Waals surface area (Å²) in [4.78, 5) is 12.5. The Morgan fingerprint density at radius 1 is 0.912 bits per heavy atom. The van der Waals surface area contributed by atoms with Crippen LogP contribution in [0.5, 0.6) is 0 Å². The summed E-state index contributed by atoms with van der Waals surface area (Å²) < 4.78 is 95.2. The van der Waals surface area contributed by atoms with Crippen molar-refractivity contribution in [1.29, 1.82) is 0 Å². The van der Waals surface area contributed by atoms with Gasteiger partial charge in [-0.2, -0.15) is 0 Å². The van der Waals surface area contributed by atoms with Gasteiger partial charge in [0.1, 0.15) is 29.1 Å². The van der Waals surface area contributed by atoms with E-state index >= 15 is 0 Å². The van der Waals surface area contributed by atoms with Crippen molar-refractivity contribution in [3.05, 3.63) is 88.7 Å². The maximum atomic E-state index is 13.8. The lowest BCUT2D eigenvalue weighted by Gasteiger charge is -2.30. The standard InChI is InChI=1S/C22H15F5N2O3S2/c23-13-6-14(24)8-16(7-13)34(31,32)29-3-4-33-21-2-1-12(5-20(21)29)22(30)28-11-17-18(26)9-15(25)10-19(17)27/h1-2,5-10H,3-4,11H2,(H,28,30). The summed E-state index contributed by atoms with van der Waals surface area (Å²) >= 11 is 1.33. The van der Waals surface area contributed by atoms with Crippen molar-refractivity contribution in [3.63, 3.8) is 0 Å². The third-order valence-corrected chi connectivity index (χ3v) is 7.83. The quantitative estimate of drug-likeness (QED) is 0.505. The number of nitrogens with zero attached hydrogens (tertiary/aromatic N) is 1. The summed E-state index contributed by atoms with van der Waals surface area (Å²) in [5, 5.41) is 2.31. The van der Waals surface area contributed by atoms with Crippen LogP contribution in [0, 0.1) is 29.1 Å². The zero-order chi connectivity index (χ0) is 24.6. The van der Waals surface area contributed by atoms with Crippen LogP contribution in [0.15, 0.2) is 58.3 Å². The van der Waals surface area contributed by atoms with Gasteiger partial charge in [0.15, 0.2) is 0 Å². The van der Waals surface area contributed by atoms with Crippen LogP contribution >= 0.6 is 11.8 Å². The molecule has 0 atom stereocenters. The molecule has 5 nitrogen and oxygen atoms in total. The van der Waals surface area contributed by atoms with Gasteiger partial charge in [-0.3, -0.25) is 9.10 Å². The molecule has 0 unspecified atom stereocenters. The van der Waals surface area contributed by atoms with Gasteiger partial charge in [-0.05, 0) is 30.3 Å². The molecule has 1 heterocycles. The lowest BCUT2D eigenvalue weighted by Crippen LogP contribution is -2.36. The first-order valence-corrected chi connectivity index (χ1v) is 12.2. The monoisotopic (exact) mass is 514 g/mol. The lowest BCUT2D eigenvalue weighted by atomic mass is 10.1. The molecular formula is C22H15F5N2O3S2. The van der Waals surface area contributed by atoms with Crippen LogP contribution in [-0.4, -0.2) is 26.6 Å². The highest BCUT2D eigenvalue weighted by molar-refractivity contribution is 8.00. The number of thioether (sulfide) groups is 1. The highest BCUT2D eigenvalue weighted by Gasteiger charge is 2.31. The number of nitrogens with one attached hydrogen (secondary N) is 1. The molecule has 1 N–H and O–H groups in total. The molecule has 0 aliphatic carbocycles. The Balaban J connectivity index is 1.63. The SMILES string of the molecule is O=C(NCc1c(F)cc(F)cc1F)c1ccc2c(c1)N(S(=O)(=O)c1cc(F)cc(F)c1)CCS2. The van der Waals surface area contributed by atoms with E-state index in [9.17, 15) is 35.2 Å². The number of anilines is 1. The van der Waals surface area contributed by atoms with Crippen LogP contribution in [0.25, 0.3) is 0 Å². The summed E-state index contributed by atoms with van der Waals surface area (Å²) in [5.41, 5.74) is -0.442. The Morgan fingerprint density at radius 3 is 2.18 bits per heavy atom. The van der Waals surface area contributed by atoms with Crippen LogP contribution in [0.2, 0.25) is 0 Å². The van der Waals surface area contributed by atoms with Gasteiger partial charge in [-0.1, -0.05) is 0 Å². The molecule has 0 bridgehead atoms. The van der Waals surface area contributed by atoms with Gasteiger partial charge in [0.25, 0.3) is 15.9 Å². The van der Waals surface area contributed by atoms with Crippen molar-refractivity contribution < 1.29 is 35.2 Å². The lowest BCUT2D eigenvalue weighted by molar-refractivity contribution is 0.0950. The van der Waals surface area contributed by atoms with Crippen LogP contribution in [-0.2, 0) is 16.6 Å². The summed E-state index contributed by atoms with van der Waals surface area (Å²) in [5.74, 6) is -5.96. The molecule has 3 aromatic rings. The summed E-state index contributed by atoms with van der Waals surface area (Å²) in [6.07, 6.45) is 0. The fourth-order valence-electron chi connectivity index (χ4n) is 3.40. The molecule has 0 saturated heterocycles. The maximum Gasteiger partial charge on any atom is 0.264 e. The molecule has 1 aliphatic rings. The van der Waals surface area contributed by atoms with Gasteiger partial charge in [0.05, 0.1) is 10.6 Å². The van der Waals surface area contributed by atoms with E-state index in [1.807, 2.05) is 0 Å². The fourth-order valence-corrected chi connectivity index (χ4v) is 6.07. The molecule has 178 valence electrons. The van der Waals surface area contributed by atoms with Crippen molar-refractivity contribution >= 4 is 33.4 Å². The molecule has 1 amide bonds. The number of amides is 1. The summed E-state index contributed by atoms with van der Waals surface area (Å²) in [6.45, 7) is -0.595. The fraction of sp³-hybridized carbons (Fsp3) is 0.136. The van der Waals surface area contributed by atoms with E-state index in [4.69, 9.17) is 0 Å². The zero-order valence-corrected chi connectivity index (χ0v) is 18.8. The summed E-state index contributed by atoms with van der Waals surface area (Å²) in [7, 11) is -4.36. The average Bonchev–Trinajstić information content (AvgIpc) is 2.76. The second-order valence-electron chi connectivity index (χ2n) is 7.24. The summed E-state index contributed by atoms with van der Waals surface area (Å²) in [6, 6.07) is 7.08. The Hall–Kier alpha value is -3.12. The van der Waals surface area contributed by atoms with Crippen molar-refractivity contribution in [2.75, 3.05) is 16.6 Å². The van der Waals surface area contributed by atoms with E-state index in [2.05, 4.69) is 5.32 Å². The topological polar surface area (TPSA) is 66.5 Å². The molecule has 12 heteroatoms. The predicted molar refractivity (Wildman–Crippen MR) is 116 cm³/mol. The second kappa shape index (κ2) is 9.26. The van der Waals surface area contributed by atoms with Gasteiger partial charge in [-0.25, -0.2) is 30.4 Å². The third-order valence-electron chi connectivity index (χ3n) is 5.00. The molecule has 0 fully saturated rings. The Bertz CT molecular complexity index is 1360. The van der Waals surface area contributed by atoms with Crippen molar-refractivity contribution in [2.24, 2.45) is 0 Å². The number of benzene rings is 3. The zero-order valence-electron chi connectivity index (χ0n) is 17.1. The first-order valence-electron chi connectivity index (χ1n) is 9.73. The molecule has 1 aliphatic heterocycles. The molecule has 0 spiro atoms. The van der Waals surface area contributed by atoms with E-state index in [1.165, 1.54) is 30.0 Å². The van der Waals surface area contributed by atoms with E-state index in [-0.39, 0.29) is 17.8 Å². The molecule has 3 aromatic carbocycles. The number of hydrogen-bond acceptors (Lipinski definition) is 4. The number of carbonyl (C=O) groups excluding carboxylic acids is 1. The number of rotatable bonds is 5. The molecule has 0 saturated carbocycles. The molecule has 34 heavy (non-hydrogen) atoms. The largest absolute Gasteiger partial charge is 0.348 e. The molecule has 0 radical (unpaired) electrons. The van der Waals surface area contributed by atoms with Crippen molar-refractivity contribution in [2.45, 2.75) is 16.3 Å². The second-order valence-corrected chi connectivity index (χ2v) is 10.2. The predicted octanol–water partition coefficient (Wildman–Crippen LogP) is 4.61. The Morgan fingerprint density at radius 2 is 1.53 bits per heavy atom. The Labute approximate surface area is 195 Å². The van der Waals surface area contributed by atoms with Crippen molar-refractivity contribution in [3.8, 4) is 0 Å². The van der Waals surface area contributed by atoms with Crippen LogP contribution < -0.4 is 9.62 Å². The van der Waals surface area contributed by atoms with Gasteiger partial charge in [-0.15, -0.1) is 11.8 Å². The van der Waals surface area contributed by atoms with E-state index in [0.717, 1.165) is 4.31 Å². The van der Waals surface area contributed by atoms with Gasteiger partial charge >= 0.3 is 0 Å². The van der Waals surface area contributed by atoms with Crippen molar-refractivity contribution in [1.82, 2.24) is 5.32 Å². The van der Waals surface area contributed by atoms with Gasteiger partial charge < -0.3 is 5.32 Å². The number of sulfonamides is 1. The number of hydrogen-bond donors (Lipinski definition) is 1. The van der Waals surface area contributed by atoms with Crippen LogP contribution in [0.3, 0.4) is 0 Å². The first-order chi connectivity index (χ1) is 16.1. The first kappa shape index (κ1) is 24.0. The smallest absolute Gasteiger partial charge is 0.264 e. The molecular weight excluding hydrogens is 499 g/mol. The number of halogens is 5. The minimum Gasteiger partial charge on any atom is -0.348 e. The number of carbonyl (C=O) groups is 1. The molecule has 0 aromatic heterocycles. The average molecular weight is 514 g/mol. The minimum absolute atomic E-state index is 0.0186. The van der Waals surface area contributed by atoms with Gasteiger partial charge in [0.2, 0.25) is 0 Å². The molecule has 4 rings (SSSR count). The van der Waals surface area contributed by atoms with Gasteiger partial charge in [0, 0.05) is 53.1 Å². The van der Waals surface area contributed by atoms with E-state index in [0.29, 0.717) is 41.0 Å². The normalized spacial score (nSPS) is 13.5. The Kier molecular flexibility index (Phi) is 6.54. The van der Waals surface area contributed by atoms with E-state index in [1.54, 1.807) is 0 Å². The number of fused-ring (bicyclic) bond motifs is 1. The van der Waals surface area contributed by atoms with Crippen LogP contribution in [0.1, 0.15) is 15.9 Å². The highest BCUT2D eigenvalue weighted by Crippen LogP contribution is 2.38. The minimum atomic E-state index is -4.36. The van der Waals surface area contributed by atoms with Crippen LogP contribution in [0.4, 0.5) is 27.6 Å². The highest BCUT2D eigenvalue weighted by atomic mass is 32.2. The third kappa shape index (κ3) is 4.73. The van der Waals surface area contributed by atoms with E-state index < -0.39 is 62.0 Å². The maximum absolute atomic E-state index is 13.8.